The first kappa shape index (κ1) is 20.6. The van der Waals surface area contributed by atoms with E-state index in [9.17, 15) is 9.59 Å². The Labute approximate surface area is 178 Å². The first-order valence-electron chi connectivity index (χ1n) is 10.0. The second-order valence-electron chi connectivity index (χ2n) is 7.21. The number of hydrogen-bond acceptors (Lipinski definition) is 6. The fourth-order valence-corrected chi connectivity index (χ4v) is 3.46. The predicted octanol–water partition coefficient (Wildman–Crippen LogP) is 2.68. The number of fused-ring (bicyclic) bond motifs is 1. The summed E-state index contributed by atoms with van der Waals surface area (Å²) in [6.45, 7) is 1.13. The predicted molar refractivity (Wildman–Crippen MR) is 114 cm³/mol. The highest BCUT2D eigenvalue weighted by atomic mass is 16.5. The van der Waals surface area contributed by atoms with E-state index in [-0.39, 0.29) is 23.1 Å². The minimum atomic E-state index is -0.527. The first-order valence-corrected chi connectivity index (χ1v) is 10.0. The number of methoxy groups -OCH3 is 1. The van der Waals surface area contributed by atoms with Gasteiger partial charge in [-0.05, 0) is 49.2 Å². The summed E-state index contributed by atoms with van der Waals surface area (Å²) < 4.78 is 17.0. The minimum absolute atomic E-state index is 0.0168. The number of nitrogens with two attached hydrogens (primary N) is 1. The summed E-state index contributed by atoms with van der Waals surface area (Å²) in [5.74, 6) is -0.304. The van der Waals surface area contributed by atoms with Crippen LogP contribution in [-0.2, 0) is 4.74 Å². The molecule has 2 aromatic carbocycles. The number of carbonyl (C=O) groups excluding carboxylic acids is 2. The largest absolute Gasteiger partial charge is 0.493 e. The molecular weight excluding hydrogens is 398 g/mol. The van der Waals surface area contributed by atoms with Gasteiger partial charge in [-0.15, -0.1) is 0 Å². The average molecular weight is 421 g/mol. The van der Waals surface area contributed by atoms with Crippen molar-refractivity contribution >= 4 is 28.5 Å². The molecule has 8 nitrogen and oxygen atoms in total. The minimum Gasteiger partial charge on any atom is -0.493 e. The number of rotatable bonds is 6. The van der Waals surface area contributed by atoms with Crippen molar-refractivity contribution in [1.29, 1.82) is 0 Å². The van der Waals surface area contributed by atoms with Crippen LogP contribution < -0.4 is 21.3 Å². The van der Waals surface area contributed by atoms with E-state index in [1.54, 1.807) is 43.5 Å². The molecule has 3 N–H and O–H groups in total. The molecule has 4 rings (SSSR count). The van der Waals surface area contributed by atoms with E-state index in [1.165, 1.54) is 0 Å². The van der Waals surface area contributed by atoms with Crippen molar-refractivity contribution in [2.24, 2.45) is 10.7 Å². The molecule has 0 radical (unpaired) electrons. The van der Waals surface area contributed by atoms with Crippen molar-refractivity contribution in [2.75, 3.05) is 20.3 Å². The van der Waals surface area contributed by atoms with Crippen molar-refractivity contribution < 1.29 is 23.5 Å². The van der Waals surface area contributed by atoms with Gasteiger partial charge in [0, 0.05) is 24.1 Å². The van der Waals surface area contributed by atoms with Crippen LogP contribution in [0, 0.1) is 0 Å². The maximum absolute atomic E-state index is 13.0. The number of hydrogen-bond donors (Lipinski definition) is 2. The normalized spacial score (nSPS) is 16.4. The van der Waals surface area contributed by atoms with Crippen molar-refractivity contribution in [2.45, 2.75) is 18.9 Å². The molecule has 2 amide bonds. The van der Waals surface area contributed by atoms with Gasteiger partial charge >= 0.3 is 0 Å². The number of amides is 2. The van der Waals surface area contributed by atoms with Crippen LogP contribution in [0.3, 0.4) is 0 Å². The second-order valence-corrected chi connectivity index (χ2v) is 7.21. The topological polar surface area (TPSA) is 116 Å². The highest BCUT2D eigenvalue weighted by Crippen LogP contribution is 2.25. The Morgan fingerprint density at radius 2 is 2.03 bits per heavy atom. The lowest BCUT2D eigenvalue weighted by molar-refractivity contribution is 0.0854. The molecule has 31 heavy (non-hydrogen) atoms. The van der Waals surface area contributed by atoms with Crippen LogP contribution in [0.4, 0.5) is 5.69 Å². The quantitative estimate of drug-likeness (QED) is 0.635. The molecule has 160 valence electrons. The van der Waals surface area contributed by atoms with Crippen LogP contribution in [0.15, 0.2) is 57.9 Å². The van der Waals surface area contributed by atoms with Crippen LogP contribution in [0.25, 0.3) is 11.0 Å². The lowest BCUT2D eigenvalue weighted by atomic mass is 10.1. The van der Waals surface area contributed by atoms with Gasteiger partial charge in [0.15, 0.2) is 11.3 Å². The number of benzene rings is 2. The van der Waals surface area contributed by atoms with Crippen molar-refractivity contribution in [3.8, 4) is 5.75 Å². The van der Waals surface area contributed by atoms with Crippen molar-refractivity contribution in [1.82, 2.24) is 5.32 Å². The van der Waals surface area contributed by atoms with Gasteiger partial charge in [0.05, 0.1) is 18.9 Å². The molecule has 1 fully saturated rings. The molecular formula is C23H23N3O5. The number of primary amides is 1. The van der Waals surface area contributed by atoms with Crippen LogP contribution in [-0.4, -0.2) is 38.2 Å². The fourth-order valence-electron chi connectivity index (χ4n) is 3.46. The zero-order valence-corrected chi connectivity index (χ0v) is 17.1. The van der Waals surface area contributed by atoms with E-state index in [4.69, 9.17) is 19.6 Å². The third-order valence-corrected chi connectivity index (χ3v) is 5.10. The smallest absolute Gasteiger partial charge is 0.256 e. The molecule has 1 aliphatic rings. The highest BCUT2D eigenvalue weighted by molar-refractivity contribution is 5.97. The Kier molecular flexibility index (Phi) is 5.99. The molecule has 0 aliphatic carbocycles. The van der Waals surface area contributed by atoms with E-state index >= 15 is 0 Å². The summed E-state index contributed by atoms with van der Waals surface area (Å²) in [4.78, 5) is 28.8. The van der Waals surface area contributed by atoms with E-state index in [0.29, 0.717) is 41.1 Å². The second kappa shape index (κ2) is 9.01. The van der Waals surface area contributed by atoms with Crippen molar-refractivity contribution in [3.05, 3.63) is 65.2 Å². The molecule has 2 heterocycles. The summed E-state index contributed by atoms with van der Waals surface area (Å²) in [7, 11) is 1.55. The Morgan fingerprint density at radius 3 is 2.71 bits per heavy atom. The maximum atomic E-state index is 13.0. The molecule has 1 saturated heterocycles. The Balaban J connectivity index is 1.77. The lowest BCUT2D eigenvalue weighted by Gasteiger charge is -2.12. The molecule has 0 unspecified atom stereocenters. The molecule has 1 aromatic heterocycles. The lowest BCUT2D eigenvalue weighted by Crippen LogP contribution is -2.34. The molecule has 3 aromatic rings. The number of nitrogens with zero attached hydrogens (tertiary/aromatic N) is 1. The summed E-state index contributed by atoms with van der Waals surface area (Å²) in [6.07, 6.45) is 1.93. The number of carbonyl (C=O) groups is 2. The standard InChI is InChI=1S/C23H23N3O5/c1-29-19-6-2-4-15-12-18(22(28)25-13-17-5-3-11-30-17)23(31-20(15)19)26-16-9-7-14(8-10-16)21(24)27/h2,4,6-10,12,17H,3,5,11,13H2,1H3,(H2,24,27)(H,25,28)/t17-/m1/s1. The van der Waals surface area contributed by atoms with Crippen LogP contribution >= 0.6 is 0 Å². The third-order valence-electron chi connectivity index (χ3n) is 5.10. The van der Waals surface area contributed by atoms with Gasteiger partial charge < -0.3 is 24.9 Å². The monoisotopic (exact) mass is 421 g/mol. The van der Waals surface area contributed by atoms with E-state index in [2.05, 4.69) is 10.3 Å². The first-order chi connectivity index (χ1) is 15.0. The van der Waals surface area contributed by atoms with E-state index in [0.717, 1.165) is 12.8 Å². The Bertz CT molecular complexity index is 1180. The van der Waals surface area contributed by atoms with Gasteiger partial charge in [0.25, 0.3) is 5.91 Å². The van der Waals surface area contributed by atoms with Crippen LogP contribution in [0.1, 0.15) is 33.6 Å². The fraction of sp³-hybridized carbons (Fsp3) is 0.261. The molecule has 8 heteroatoms. The zero-order chi connectivity index (χ0) is 21.8. The van der Waals surface area contributed by atoms with Gasteiger partial charge in [-0.2, -0.15) is 0 Å². The number of ether oxygens (including phenoxy) is 2. The SMILES string of the molecule is COc1cccc2cc(C(=O)NC[C@H]3CCCO3)c(=Nc3ccc(C(N)=O)cc3)oc12. The van der Waals surface area contributed by atoms with Gasteiger partial charge in [-0.25, -0.2) is 4.99 Å². The average Bonchev–Trinajstić information content (AvgIpc) is 3.30. The summed E-state index contributed by atoms with van der Waals surface area (Å²) in [5.41, 5.74) is 7.07. The molecule has 1 atom stereocenters. The van der Waals surface area contributed by atoms with Gasteiger partial charge in [-0.3, -0.25) is 9.59 Å². The van der Waals surface area contributed by atoms with Crippen molar-refractivity contribution in [3.63, 3.8) is 0 Å². The van der Waals surface area contributed by atoms with Crippen LogP contribution in [0.5, 0.6) is 5.75 Å². The molecule has 0 bridgehead atoms. The van der Waals surface area contributed by atoms with E-state index in [1.807, 2.05) is 12.1 Å². The third kappa shape index (κ3) is 4.59. The molecule has 1 aliphatic heterocycles. The summed E-state index contributed by atoms with van der Waals surface area (Å²) in [5, 5.41) is 3.62. The maximum Gasteiger partial charge on any atom is 0.256 e. The summed E-state index contributed by atoms with van der Waals surface area (Å²) >= 11 is 0. The van der Waals surface area contributed by atoms with Gasteiger partial charge in [-0.1, -0.05) is 12.1 Å². The molecule has 0 saturated carbocycles. The summed E-state index contributed by atoms with van der Waals surface area (Å²) in [6, 6.07) is 13.6. The van der Waals surface area contributed by atoms with E-state index < -0.39 is 5.91 Å². The number of nitrogens with one attached hydrogen (secondary N) is 1. The highest BCUT2D eigenvalue weighted by Gasteiger charge is 2.19. The van der Waals surface area contributed by atoms with Gasteiger partial charge in [0.2, 0.25) is 11.5 Å². The number of para-hydroxylation sites is 1. The van der Waals surface area contributed by atoms with Gasteiger partial charge in [0.1, 0.15) is 5.56 Å². The Morgan fingerprint density at radius 1 is 1.23 bits per heavy atom. The Hall–Kier alpha value is -3.65. The zero-order valence-electron chi connectivity index (χ0n) is 17.1. The molecule has 0 spiro atoms. The van der Waals surface area contributed by atoms with Crippen LogP contribution in [0.2, 0.25) is 0 Å².